The molecule has 1 aliphatic heterocycles. The van der Waals surface area contributed by atoms with E-state index in [-0.39, 0.29) is 0 Å². The van der Waals surface area contributed by atoms with Gasteiger partial charge in [0.15, 0.2) is 0 Å². The lowest BCUT2D eigenvalue weighted by atomic mass is 10.3. The Morgan fingerprint density at radius 1 is 1.70 bits per heavy atom. The van der Waals surface area contributed by atoms with Crippen LogP contribution < -0.4 is 0 Å². The topological polar surface area (TPSA) is 27.1 Å². The van der Waals surface area contributed by atoms with Crippen LogP contribution in [0.3, 0.4) is 0 Å². The Balaban J connectivity index is 2.45. The Morgan fingerprint density at radius 2 is 2.60 bits per heavy atom. The molecule has 0 aromatic carbocycles. The number of rotatable bonds is 0. The second-order valence-corrected chi connectivity index (χ2v) is 2.55. The van der Waals surface area contributed by atoms with Crippen molar-refractivity contribution in [3.05, 3.63) is 17.5 Å². The van der Waals surface area contributed by atoms with Gasteiger partial charge in [0.2, 0.25) is 0 Å². The largest absolute Gasteiger partial charge is 0.373 e. The molecule has 1 aliphatic rings. The molecular formula is C7H10N2O. The van der Waals surface area contributed by atoms with E-state index >= 15 is 0 Å². The highest BCUT2D eigenvalue weighted by Gasteiger charge is 2.11. The summed E-state index contributed by atoms with van der Waals surface area (Å²) >= 11 is 0. The Labute approximate surface area is 59.6 Å². The van der Waals surface area contributed by atoms with Gasteiger partial charge < -0.3 is 4.74 Å². The molecule has 0 unspecified atom stereocenters. The minimum absolute atomic E-state index is 0.728. The highest BCUT2D eigenvalue weighted by atomic mass is 16.5. The molecule has 2 rings (SSSR count). The fourth-order valence-corrected chi connectivity index (χ4v) is 1.20. The SMILES string of the molecule is Cc1cnn2c1COCC2. The van der Waals surface area contributed by atoms with Crippen molar-refractivity contribution >= 4 is 0 Å². The number of ether oxygens (including phenoxy) is 1. The third kappa shape index (κ3) is 0.743. The summed E-state index contributed by atoms with van der Waals surface area (Å²) in [6.45, 7) is 4.50. The van der Waals surface area contributed by atoms with E-state index in [1.54, 1.807) is 0 Å². The minimum Gasteiger partial charge on any atom is -0.373 e. The summed E-state index contributed by atoms with van der Waals surface area (Å²) in [5.41, 5.74) is 2.46. The molecule has 3 heteroatoms. The zero-order chi connectivity index (χ0) is 6.97. The van der Waals surface area contributed by atoms with Gasteiger partial charge in [-0.3, -0.25) is 4.68 Å². The van der Waals surface area contributed by atoms with Gasteiger partial charge in [0.05, 0.1) is 31.6 Å². The van der Waals surface area contributed by atoms with E-state index in [0.29, 0.717) is 0 Å². The molecule has 0 fully saturated rings. The van der Waals surface area contributed by atoms with Gasteiger partial charge in [-0.2, -0.15) is 5.10 Å². The highest BCUT2D eigenvalue weighted by Crippen LogP contribution is 2.11. The van der Waals surface area contributed by atoms with E-state index < -0.39 is 0 Å². The first kappa shape index (κ1) is 5.92. The summed E-state index contributed by atoms with van der Waals surface area (Å²) in [4.78, 5) is 0. The number of hydrogen-bond acceptors (Lipinski definition) is 2. The highest BCUT2D eigenvalue weighted by molar-refractivity contribution is 5.15. The molecule has 0 bridgehead atoms. The number of hydrogen-bond donors (Lipinski definition) is 0. The number of nitrogens with zero attached hydrogens (tertiary/aromatic N) is 2. The molecule has 0 aliphatic carbocycles. The molecule has 0 atom stereocenters. The van der Waals surface area contributed by atoms with Gasteiger partial charge in [-0.25, -0.2) is 0 Å². The van der Waals surface area contributed by atoms with Crippen LogP contribution in [-0.2, 0) is 17.9 Å². The molecule has 2 heterocycles. The fourth-order valence-electron chi connectivity index (χ4n) is 1.20. The summed E-state index contributed by atoms with van der Waals surface area (Å²) < 4.78 is 7.29. The summed E-state index contributed by atoms with van der Waals surface area (Å²) in [5.74, 6) is 0. The summed E-state index contributed by atoms with van der Waals surface area (Å²) in [7, 11) is 0. The standard InChI is InChI=1S/C7H10N2O/c1-6-4-8-9-2-3-10-5-7(6)9/h4H,2-3,5H2,1H3. The quantitative estimate of drug-likeness (QED) is 0.528. The van der Waals surface area contributed by atoms with Crippen molar-refractivity contribution in [3.8, 4) is 0 Å². The third-order valence-corrected chi connectivity index (χ3v) is 1.84. The van der Waals surface area contributed by atoms with Crippen molar-refractivity contribution < 1.29 is 4.74 Å². The molecular weight excluding hydrogens is 128 g/mol. The molecule has 0 spiro atoms. The Bertz CT molecular complexity index is 242. The molecule has 0 N–H and O–H groups in total. The molecule has 10 heavy (non-hydrogen) atoms. The van der Waals surface area contributed by atoms with Crippen LogP contribution >= 0.6 is 0 Å². The fraction of sp³-hybridized carbons (Fsp3) is 0.571. The lowest BCUT2D eigenvalue weighted by molar-refractivity contribution is 0.0796. The van der Waals surface area contributed by atoms with Gasteiger partial charge >= 0.3 is 0 Å². The van der Waals surface area contributed by atoms with Crippen molar-refractivity contribution in [2.75, 3.05) is 6.61 Å². The maximum Gasteiger partial charge on any atom is 0.0888 e. The van der Waals surface area contributed by atoms with Crippen molar-refractivity contribution in [1.29, 1.82) is 0 Å². The minimum atomic E-state index is 0.728. The van der Waals surface area contributed by atoms with Gasteiger partial charge in [-0.15, -0.1) is 0 Å². The second kappa shape index (κ2) is 2.09. The predicted octanol–water partition coefficient (Wildman–Crippen LogP) is 0.722. The first-order valence-electron chi connectivity index (χ1n) is 3.47. The van der Waals surface area contributed by atoms with Crippen LogP contribution in [0.25, 0.3) is 0 Å². The number of aryl methyl sites for hydroxylation is 1. The average molecular weight is 138 g/mol. The van der Waals surface area contributed by atoms with Crippen LogP contribution in [-0.4, -0.2) is 16.4 Å². The maximum absolute atomic E-state index is 5.27. The van der Waals surface area contributed by atoms with Crippen LogP contribution in [0.15, 0.2) is 6.20 Å². The van der Waals surface area contributed by atoms with E-state index in [0.717, 1.165) is 19.8 Å². The zero-order valence-electron chi connectivity index (χ0n) is 6.00. The van der Waals surface area contributed by atoms with Crippen LogP contribution in [0.5, 0.6) is 0 Å². The molecule has 0 saturated carbocycles. The van der Waals surface area contributed by atoms with Crippen LogP contribution in [0.2, 0.25) is 0 Å². The van der Waals surface area contributed by atoms with E-state index in [9.17, 15) is 0 Å². The Kier molecular flexibility index (Phi) is 1.24. The van der Waals surface area contributed by atoms with Gasteiger partial charge in [-0.05, 0) is 12.5 Å². The molecule has 0 radical (unpaired) electrons. The van der Waals surface area contributed by atoms with Crippen molar-refractivity contribution in [2.24, 2.45) is 0 Å². The zero-order valence-corrected chi connectivity index (χ0v) is 6.00. The molecule has 1 aromatic heterocycles. The smallest absolute Gasteiger partial charge is 0.0888 e. The molecule has 54 valence electrons. The normalized spacial score (nSPS) is 16.9. The second-order valence-electron chi connectivity index (χ2n) is 2.55. The third-order valence-electron chi connectivity index (χ3n) is 1.84. The van der Waals surface area contributed by atoms with Crippen LogP contribution in [0, 0.1) is 6.92 Å². The summed E-state index contributed by atoms with van der Waals surface area (Å²) in [5, 5.41) is 4.19. The first-order valence-corrected chi connectivity index (χ1v) is 3.47. The van der Waals surface area contributed by atoms with Crippen molar-refractivity contribution in [1.82, 2.24) is 9.78 Å². The van der Waals surface area contributed by atoms with Crippen molar-refractivity contribution in [2.45, 2.75) is 20.1 Å². The number of aromatic nitrogens is 2. The monoisotopic (exact) mass is 138 g/mol. The van der Waals surface area contributed by atoms with Gasteiger partial charge in [-0.1, -0.05) is 0 Å². The van der Waals surface area contributed by atoms with Crippen LogP contribution in [0.1, 0.15) is 11.3 Å². The number of fused-ring (bicyclic) bond motifs is 1. The summed E-state index contributed by atoms with van der Waals surface area (Å²) in [6, 6.07) is 0. The van der Waals surface area contributed by atoms with Gasteiger partial charge in [0, 0.05) is 0 Å². The Hall–Kier alpha value is -0.830. The molecule has 3 nitrogen and oxygen atoms in total. The van der Waals surface area contributed by atoms with Gasteiger partial charge in [0.1, 0.15) is 0 Å². The average Bonchev–Trinajstić information content (AvgIpc) is 2.34. The van der Waals surface area contributed by atoms with E-state index in [1.807, 2.05) is 10.9 Å². The van der Waals surface area contributed by atoms with E-state index in [4.69, 9.17) is 4.74 Å². The van der Waals surface area contributed by atoms with E-state index in [2.05, 4.69) is 12.0 Å². The molecule has 1 aromatic rings. The van der Waals surface area contributed by atoms with E-state index in [1.165, 1.54) is 11.3 Å². The lowest BCUT2D eigenvalue weighted by Gasteiger charge is -2.14. The predicted molar refractivity (Wildman–Crippen MR) is 36.6 cm³/mol. The lowest BCUT2D eigenvalue weighted by Crippen LogP contribution is -2.17. The maximum atomic E-state index is 5.27. The van der Waals surface area contributed by atoms with Crippen molar-refractivity contribution in [3.63, 3.8) is 0 Å². The van der Waals surface area contributed by atoms with Gasteiger partial charge in [0.25, 0.3) is 0 Å². The van der Waals surface area contributed by atoms with Crippen LogP contribution in [0.4, 0.5) is 0 Å². The first-order chi connectivity index (χ1) is 4.88. The summed E-state index contributed by atoms with van der Waals surface area (Å²) in [6.07, 6.45) is 1.89. The molecule has 0 saturated heterocycles. The Morgan fingerprint density at radius 3 is 3.40 bits per heavy atom. The molecule has 0 amide bonds.